The molecule has 0 aliphatic rings. The predicted octanol–water partition coefficient (Wildman–Crippen LogP) is 4.24. The molecule has 2 aromatic carbocycles. The van der Waals surface area contributed by atoms with Gasteiger partial charge in [0.15, 0.2) is 11.5 Å². The van der Waals surface area contributed by atoms with Gasteiger partial charge >= 0.3 is 0 Å². The summed E-state index contributed by atoms with van der Waals surface area (Å²) >= 11 is 3.23. The van der Waals surface area contributed by atoms with Gasteiger partial charge in [-0.1, -0.05) is 0 Å². The van der Waals surface area contributed by atoms with E-state index < -0.39 is 0 Å². The molecule has 1 aromatic heterocycles. The topological polar surface area (TPSA) is 81.9 Å². The van der Waals surface area contributed by atoms with E-state index in [0.717, 1.165) is 0 Å². The van der Waals surface area contributed by atoms with Crippen LogP contribution in [-0.2, 0) is 0 Å². The number of aromatic amines is 1. The van der Waals surface area contributed by atoms with E-state index in [4.69, 9.17) is 4.74 Å². The molecule has 2 N–H and O–H groups in total. The molecule has 0 aliphatic heterocycles. The molecule has 0 spiro atoms. The summed E-state index contributed by atoms with van der Waals surface area (Å²) in [4.78, 5) is 7.23. The standard InChI is InChI=1S/C17H11BrFN3O2/c1-24-15-6-9(5-12(18)16(15)23)4-10(8-20)17-21-13-3-2-11(19)7-14(13)22-17/h2-7,23H,1H3,(H,21,22)/b10-4-. The number of fused-ring (bicyclic) bond motifs is 1. The number of methoxy groups -OCH3 is 1. The van der Waals surface area contributed by atoms with Gasteiger partial charge in [-0.2, -0.15) is 5.26 Å². The molecule has 7 heteroatoms. The maximum Gasteiger partial charge on any atom is 0.172 e. The van der Waals surface area contributed by atoms with Gasteiger partial charge in [0.25, 0.3) is 0 Å². The van der Waals surface area contributed by atoms with Crippen LogP contribution in [0.15, 0.2) is 34.8 Å². The number of halogens is 2. The van der Waals surface area contributed by atoms with Crippen molar-refractivity contribution in [3.05, 3.63) is 52.0 Å². The third-order valence-corrected chi connectivity index (χ3v) is 4.01. The zero-order valence-corrected chi connectivity index (χ0v) is 14.1. The molecule has 0 amide bonds. The van der Waals surface area contributed by atoms with E-state index >= 15 is 0 Å². The number of phenols is 1. The average Bonchev–Trinajstić information content (AvgIpc) is 2.98. The summed E-state index contributed by atoms with van der Waals surface area (Å²) in [6, 6.07) is 9.49. The van der Waals surface area contributed by atoms with Gasteiger partial charge in [0.2, 0.25) is 0 Å². The Balaban J connectivity index is 2.09. The van der Waals surface area contributed by atoms with E-state index in [1.54, 1.807) is 24.3 Å². The van der Waals surface area contributed by atoms with Crippen LogP contribution >= 0.6 is 15.9 Å². The number of nitrogens with one attached hydrogen (secondary N) is 1. The molecule has 3 rings (SSSR count). The van der Waals surface area contributed by atoms with Gasteiger partial charge in [0, 0.05) is 0 Å². The quantitative estimate of drug-likeness (QED) is 0.658. The highest BCUT2D eigenvalue weighted by atomic mass is 79.9. The molecule has 0 atom stereocenters. The van der Waals surface area contributed by atoms with Gasteiger partial charge in [-0.3, -0.25) is 0 Å². The van der Waals surface area contributed by atoms with E-state index in [9.17, 15) is 14.8 Å². The Morgan fingerprint density at radius 3 is 2.92 bits per heavy atom. The first-order valence-corrected chi connectivity index (χ1v) is 7.65. The number of nitrogens with zero attached hydrogens (tertiary/aromatic N) is 2. The fourth-order valence-corrected chi connectivity index (χ4v) is 2.72. The summed E-state index contributed by atoms with van der Waals surface area (Å²) < 4.78 is 18.8. The molecule has 1 heterocycles. The number of aromatic hydroxyl groups is 1. The second kappa shape index (κ2) is 6.34. The average molecular weight is 388 g/mol. The molecule has 0 fully saturated rings. The first kappa shape index (κ1) is 16.0. The smallest absolute Gasteiger partial charge is 0.172 e. The fraction of sp³-hybridized carbons (Fsp3) is 0.0588. The number of H-pyrrole nitrogens is 1. The second-order valence-electron chi connectivity index (χ2n) is 4.97. The van der Waals surface area contributed by atoms with Crippen molar-refractivity contribution in [2.75, 3.05) is 7.11 Å². The SMILES string of the molecule is COc1cc(/C=C(/C#N)c2nc3ccc(F)cc3[nH]2)cc(Br)c1O. The van der Waals surface area contributed by atoms with Crippen molar-refractivity contribution < 1.29 is 14.2 Å². The number of aromatic nitrogens is 2. The van der Waals surface area contributed by atoms with Gasteiger partial charge in [-0.15, -0.1) is 0 Å². The number of ether oxygens (including phenoxy) is 1. The Morgan fingerprint density at radius 2 is 2.21 bits per heavy atom. The number of rotatable bonds is 3. The number of nitriles is 1. The Bertz CT molecular complexity index is 1000. The third-order valence-electron chi connectivity index (χ3n) is 3.40. The summed E-state index contributed by atoms with van der Waals surface area (Å²) in [7, 11) is 1.44. The molecule has 0 aliphatic carbocycles. The van der Waals surface area contributed by atoms with E-state index in [0.29, 0.717) is 26.9 Å². The highest BCUT2D eigenvalue weighted by molar-refractivity contribution is 9.10. The van der Waals surface area contributed by atoms with Gasteiger partial charge in [0.1, 0.15) is 17.7 Å². The molecule has 0 bridgehead atoms. The predicted molar refractivity (Wildman–Crippen MR) is 91.9 cm³/mol. The summed E-state index contributed by atoms with van der Waals surface area (Å²) in [5.41, 5.74) is 1.98. The van der Waals surface area contributed by atoms with Crippen LogP contribution in [0.4, 0.5) is 4.39 Å². The van der Waals surface area contributed by atoms with Crippen LogP contribution in [0.2, 0.25) is 0 Å². The van der Waals surface area contributed by atoms with Crippen molar-refractivity contribution in [1.29, 1.82) is 5.26 Å². The first-order valence-electron chi connectivity index (χ1n) is 6.85. The highest BCUT2D eigenvalue weighted by Crippen LogP contribution is 2.36. The normalized spacial score (nSPS) is 11.5. The van der Waals surface area contributed by atoms with Crippen LogP contribution in [0.1, 0.15) is 11.4 Å². The van der Waals surface area contributed by atoms with Gasteiger partial charge in [-0.25, -0.2) is 9.37 Å². The Morgan fingerprint density at radius 1 is 1.42 bits per heavy atom. The minimum Gasteiger partial charge on any atom is -0.503 e. The van der Waals surface area contributed by atoms with Crippen molar-refractivity contribution in [2.45, 2.75) is 0 Å². The zero-order valence-electron chi connectivity index (χ0n) is 12.5. The van der Waals surface area contributed by atoms with E-state index in [-0.39, 0.29) is 22.9 Å². The maximum absolute atomic E-state index is 13.3. The molecule has 120 valence electrons. The van der Waals surface area contributed by atoms with Crippen LogP contribution < -0.4 is 4.74 Å². The Labute approximate surface area is 145 Å². The van der Waals surface area contributed by atoms with E-state index in [2.05, 4.69) is 32.0 Å². The Hall–Kier alpha value is -2.85. The van der Waals surface area contributed by atoms with Crippen LogP contribution in [0.5, 0.6) is 11.5 Å². The monoisotopic (exact) mass is 387 g/mol. The molecule has 3 aromatic rings. The van der Waals surface area contributed by atoms with Crippen molar-refractivity contribution in [2.24, 2.45) is 0 Å². The van der Waals surface area contributed by atoms with Crippen LogP contribution in [0, 0.1) is 17.1 Å². The number of benzene rings is 2. The molecular formula is C17H11BrFN3O2. The molecule has 5 nitrogen and oxygen atoms in total. The lowest BCUT2D eigenvalue weighted by atomic mass is 10.1. The maximum atomic E-state index is 13.3. The number of allylic oxidation sites excluding steroid dienone is 1. The second-order valence-corrected chi connectivity index (χ2v) is 5.82. The summed E-state index contributed by atoms with van der Waals surface area (Å²) in [6.45, 7) is 0. The lowest BCUT2D eigenvalue weighted by Crippen LogP contribution is -1.88. The van der Waals surface area contributed by atoms with Crippen LogP contribution in [-0.4, -0.2) is 22.2 Å². The number of imidazole rings is 1. The van der Waals surface area contributed by atoms with Crippen molar-refractivity contribution >= 4 is 38.6 Å². The largest absolute Gasteiger partial charge is 0.503 e. The number of phenolic OH excluding ortho intramolecular Hbond substituents is 1. The Kier molecular flexibility index (Phi) is 4.23. The van der Waals surface area contributed by atoms with Gasteiger partial charge in [-0.05, 0) is 57.9 Å². The summed E-state index contributed by atoms with van der Waals surface area (Å²) in [5.74, 6) is 0.209. The molecule has 24 heavy (non-hydrogen) atoms. The van der Waals surface area contributed by atoms with Crippen molar-refractivity contribution in [3.63, 3.8) is 0 Å². The summed E-state index contributed by atoms with van der Waals surface area (Å²) in [6.07, 6.45) is 1.60. The zero-order chi connectivity index (χ0) is 17.3. The molecule has 0 radical (unpaired) electrons. The van der Waals surface area contributed by atoms with Crippen molar-refractivity contribution in [3.8, 4) is 17.6 Å². The highest BCUT2D eigenvalue weighted by Gasteiger charge is 2.11. The molecular weight excluding hydrogens is 377 g/mol. The lowest BCUT2D eigenvalue weighted by Gasteiger charge is -2.06. The van der Waals surface area contributed by atoms with Crippen molar-refractivity contribution in [1.82, 2.24) is 9.97 Å². The van der Waals surface area contributed by atoms with Gasteiger partial charge in [0.05, 0.1) is 28.2 Å². The van der Waals surface area contributed by atoms with Crippen LogP contribution in [0.3, 0.4) is 0 Å². The van der Waals surface area contributed by atoms with E-state index in [1.165, 1.54) is 19.2 Å². The van der Waals surface area contributed by atoms with Crippen LogP contribution in [0.25, 0.3) is 22.7 Å². The molecule has 0 saturated carbocycles. The minimum absolute atomic E-state index is 0.0210. The third kappa shape index (κ3) is 2.96. The minimum atomic E-state index is -0.382. The lowest BCUT2D eigenvalue weighted by molar-refractivity contribution is 0.372. The summed E-state index contributed by atoms with van der Waals surface area (Å²) in [5, 5.41) is 19.3. The number of hydrogen-bond donors (Lipinski definition) is 2. The molecule has 0 saturated heterocycles. The number of hydrogen-bond acceptors (Lipinski definition) is 4. The first-order chi connectivity index (χ1) is 11.5. The molecule has 0 unspecified atom stereocenters. The fourth-order valence-electron chi connectivity index (χ4n) is 2.26. The van der Waals surface area contributed by atoms with E-state index in [1.807, 2.05) is 0 Å². The van der Waals surface area contributed by atoms with Gasteiger partial charge < -0.3 is 14.8 Å².